The molecule has 0 unspecified atom stereocenters. The molecule has 0 N–H and O–H groups in total. The van der Waals surface area contributed by atoms with E-state index in [-0.39, 0.29) is 18.5 Å². The van der Waals surface area contributed by atoms with Gasteiger partial charge in [0, 0.05) is 29.7 Å². The number of benzene rings is 1. The Bertz CT molecular complexity index is 1090. The van der Waals surface area contributed by atoms with E-state index in [1.165, 1.54) is 0 Å². The molecule has 0 radical (unpaired) electrons. The summed E-state index contributed by atoms with van der Waals surface area (Å²) in [4.78, 5) is 33.7. The van der Waals surface area contributed by atoms with Gasteiger partial charge in [0.05, 0.1) is 24.7 Å². The second kappa shape index (κ2) is 7.76. The van der Waals surface area contributed by atoms with E-state index in [1.54, 1.807) is 23.0 Å². The molecule has 4 rings (SSSR count). The number of aromatic nitrogens is 1. The Morgan fingerprint density at radius 3 is 2.68 bits per heavy atom. The summed E-state index contributed by atoms with van der Waals surface area (Å²) in [5.74, 6) is 0.875. The van der Waals surface area contributed by atoms with Gasteiger partial charge in [-0.05, 0) is 52.0 Å². The molecule has 0 saturated carbocycles. The number of amides is 2. The van der Waals surface area contributed by atoms with E-state index in [9.17, 15) is 9.59 Å². The summed E-state index contributed by atoms with van der Waals surface area (Å²) >= 11 is 0. The lowest BCUT2D eigenvalue weighted by molar-refractivity contribution is 0.0190. The largest absolute Gasteiger partial charge is 0.489 e. The highest BCUT2D eigenvalue weighted by Gasteiger charge is 2.33. The number of piperazine rings is 1. The van der Waals surface area contributed by atoms with Gasteiger partial charge in [-0.3, -0.25) is 4.79 Å². The molecule has 0 atom stereocenters. The van der Waals surface area contributed by atoms with Gasteiger partial charge in [0.15, 0.2) is 0 Å². The topological polar surface area (TPSA) is 81.2 Å². The molecule has 164 valence electrons. The zero-order chi connectivity index (χ0) is 22.3. The second-order valence-electron chi connectivity index (χ2n) is 8.72. The van der Waals surface area contributed by atoms with Crippen LogP contribution in [0.3, 0.4) is 0 Å². The number of fused-ring (bicyclic) bond motifs is 3. The van der Waals surface area contributed by atoms with Crippen molar-refractivity contribution in [3.63, 3.8) is 0 Å². The van der Waals surface area contributed by atoms with Gasteiger partial charge in [0.25, 0.3) is 5.91 Å². The first-order chi connectivity index (χ1) is 14.7. The molecule has 1 saturated heterocycles. The van der Waals surface area contributed by atoms with Crippen LogP contribution < -0.4 is 9.47 Å². The van der Waals surface area contributed by atoms with Gasteiger partial charge in [-0.2, -0.15) is 0 Å². The minimum Gasteiger partial charge on any atom is -0.489 e. The van der Waals surface area contributed by atoms with Gasteiger partial charge in [0.2, 0.25) is 5.88 Å². The third-order valence-corrected chi connectivity index (χ3v) is 5.23. The van der Waals surface area contributed by atoms with Gasteiger partial charge in [0.1, 0.15) is 18.0 Å². The highest BCUT2D eigenvalue weighted by atomic mass is 16.6. The van der Waals surface area contributed by atoms with Crippen LogP contribution in [0.25, 0.3) is 10.9 Å². The Hall–Kier alpha value is -3.29. The van der Waals surface area contributed by atoms with Crippen LogP contribution in [0.4, 0.5) is 4.79 Å². The van der Waals surface area contributed by atoms with Gasteiger partial charge in [-0.25, -0.2) is 9.78 Å². The van der Waals surface area contributed by atoms with Gasteiger partial charge >= 0.3 is 6.09 Å². The number of ether oxygens (including phenoxy) is 3. The van der Waals surface area contributed by atoms with Crippen molar-refractivity contribution < 1.29 is 23.8 Å². The molecule has 3 heterocycles. The SMILES string of the molecule is COc1nc2cc3c(cc2cc1C)OC/C=C1/CN(C(=O)OC(C)(C)C)CCN1C3=O. The summed E-state index contributed by atoms with van der Waals surface area (Å²) in [6, 6.07) is 5.56. The predicted octanol–water partition coefficient (Wildman–Crippen LogP) is 3.52. The van der Waals surface area contributed by atoms with Crippen molar-refractivity contribution in [1.82, 2.24) is 14.8 Å². The standard InChI is InChI=1S/C23H27N3O5/c1-14-10-15-11-19-17(12-18(15)24-20(14)29-5)21(27)26-8-7-25(13-16(26)6-9-30-19)22(28)31-23(2,3)4/h6,10-12H,7-9,13H2,1-5H3/b16-6-. The lowest BCUT2D eigenvalue weighted by Crippen LogP contribution is -2.50. The number of hydrogen-bond donors (Lipinski definition) is 0. The molecule has 1 fully saturated rings. The number of hydrogen-bond acceptors (Lipinski definition) is 6. The van der Waals surface area contributed by atoms with E-state index in [0.29, 0.717) is 42.4 Å². The summed E-state index contributed by atoms with van der Waals surface area (Å²) in [6.45, 7) is 8.78. The molecule has 1 aromatic carbocycles. The maximum absolute atomic E-state index is 13.4. The van der Waals surface area contributed by atoms with Gasteiger partial charge in [-0.15, -0.1) is 0 Å². The zero-order valence-corrected chi connectivity index (χ0v) is 18.5. The average Bonchev–Trinajstić information content (AvgIpc) is 2.70. The maximum atomic E-state index is 13.4. The molecule has 2 amide bonds. The number of carbonyl (C=O) groups is 2. The normalized spacial score (nSPS) is 18.2. The first kappa shape index (κ1) is 21.0. The summed E-state index contributed by atoms with van der Waals surface area (Å²) in [6.07, 6.45) is 1.46. The Kier molecular flexibility index (Phi) is 5.24. The maximum Gasteiger partial charge on any atom is 0.410 e. The number of methoxy groups -OCH3 is 1. The highest BCUT2D eigenvalue weighted by Crippen LogP contribution is 2.32. The predicted molar refractivity (Wildman–Crippen MR) is 115 cm³/mol. The summed E-state index contributed by atoms with van der Waals surface area (Å²) in [7, 11) is 1.57. The van der Waals surface area contributed by atoms with E-state index < -0.39 is 5.60 Å². The molecular weight excluding hydrogens is 398 g/mol. The second-order valence-corrected chi connectivity index (χ2v) is 8.72. The Morgan fingerprint density at radius 2 is 1.97 bits per heavy atom. The number of carbonyl (C=O) groups excluding carboxylic acids is 2. The van der Waals surface area contributed by atoms with Crippen molar-refractivity contribution >= 4 is 22.9 Å². The molecule has 0 spiro atoms. The first-order valence-electron chi connectivity index (χ1n) is 10.3. The fraction of sp³-hybridized carbons (Fsp3) is 0.435. The number of pyridine rings is 1. The Labute approximate surface area is 181 Å². The van der Waals surface area contributed by atoms with Crippen LogP contribution in [-0.4, -0.2) is 65.7 Å². The monoisotopic (exact) mass is 425 g/mol. The third kappa shape index (κ3) is 4.15. The fourth-order valence-electron chi connectivity index (χ4n) is 3.77. The van der Waals surface area contributed by atoms with Crippen LogP contribution in [0.2, 0.25) is 0 Å². The van der Waals surface area contributed by atoms with E-state index in [0.717, 1.165) is 16.6 Å². The van der Waals surface area contributed by atoms with Crippen molar-refractivity contribution in [2.24, 2.45) is 0 Å². The average molecular weight is 425 g/mol. The molecular formula is C23H27N3O5. The molecule has 1 aromatic heterocycles. The number of aryl methyl sites for hydroxylation is 1. The summed E-state index contributed by atoms with van der Waals surface area (Å²) in [5.41, 5.74) is 2.17. The fourth-order valence-corrected chi connectivity index (χ4v) is 3.77. The first-order valence-corrected chi connectivity index (χ1v) is 10.3. The molecule has 2 aromatic rings. The molecule has 8 heteroatoms. The smallest absolute Gasteiger partial charge is 0.410 e. The van der Waals surface area contributed by atoms with E-state index in [4.69, 9.17) is 14.2 Å². The lowest BCUT2D eigenvalue weighted by atomic mass is 10.1. The Balaban J connectivity index is 1.64. The Morgan fingerprint density at radius 1 is 1.19 bits per heavy atom. The highest BCUT2D eigenvalue weighted by molar-refractivity contribution is 6.02. The van der Waals surface area contributed by atoms with Crippen LogP contribution >= 0.6 is 0 Å². The minimum atomic E-state index is -0.575. The van der Waals surface area contributed by atoms with Gasteiger partial charge < -0.3 is 24.0 Å². The summed E-state index contributed by atoms with van der Waals surface area (Å²) in [5, 5.41) is 0.879. The van der Waals surface area contributed by atoms with E-state index >= 15 is 0 Å². The molecule has 8 nitrogen and oxygen atoms in total. The number of nitrogens with zero attached hydrogens (tertiary/aromatic N) is 3. The number of rotatable bonds is 1. The summed E-state index contributed by atoms with van der Waals surface area (Å²) < 4.78 is 16.7. The van der Waals surface area contributed by atoms with Crippen LogP contribution in [0.15, 0.2) is 30.0 Å². The quantitative estimate of drug-likeness (QED) is 0.695. The van der Waals surface area contributed by atoms with Crippen molar-refractivity contribution in [1.29, 1.82) is 0 Å². The van der Waals surface area contributed by atoms with Crippen molar-refractivity contribution in [3.05, 3.63) is 41.1 Å². The van der Waals surface area contributed by atoms with Crippen LogP contribution in [0.5, 0.6) is 11.6 Å². The molecule has 2 aliphatic heterocycles. The molecule has 31 heavy (non-hydrogen) atoms. The zero-order valence-electron chi connectivity index (χ0n) is 18.5. The molecule has 2 aliphatic rings. The molecule has 0 aliphatic carbocycles. The van der Waals surface area contributed by atoms with Crippen LogP contribution in [-0.2, 0) is 4.74 Å². The molecule has 0 bridgehead atoms. The minimum absolute atomic E-state index is 0.173. The van der Waals surface area contributed by atoms with Crippen LogP contribution in [0, 0.1) is 6.92 Å². The van der Waals surface area contributed by atoms with Crippen molar-refractivity contribution in [2.75, 3.05) is 33.4 Å². The van der Waals surface area contributed by atoms with Crippen molar-refractivity contribution in [2.45, 2.75) is 33.3 Å². The lowest BCUT2D eigenvalue weighted by Gasteiger charge is -2.38. The van der Waals surface area contributed by atoms with Crippen molar-refractivity contribution in [3.8, 4) is 11.6 Å². The van der Waals surface area contributed by atoms with E-state index in [2.05, 4.69) is 4.98 Å². The van der Waals surface area contributed by atoms with E-state index in [1.807, 2.05) is 45.9 Å². The van der Waals surface area contributed by atoms with Gasteiger partial charge in [-0.1, -0.05) is 0 Å². The van der Waals surface area contributed by atoms with Crippen LogP contribution in [0.1, 0.15) is 36.7 Å². The third-order valence-electron chi connectivity index (χ3n) is 5.23.